The van der Waals surface area contributed by atoms with Crippen LogP contribution < -0.4 is 0 Å². The fourth-order valence-electron chi connectivity index (χ4n) is 3.25. The van der Waals surface area contributed by atoms with Gasteiger partial charge in [0.1, 0.15) is 0 Å². The van der Waals surface area contributed by atoms with Gasteiger partial charge in [-0.3, -0.25) is 4.90 Å². The minimum absolute atomic E-state index is 0.0493. The number of H-pyrrole nitrogens is 1. The Morgan fingerprint density at radius 3 is 2.75 bits per heavy atom. The van der Waals surface area contributed by atoms with E-state index in [4.69, 9.17) is 0 Å². The van der Waals surface area contributed by atoms with Gasteiger partial charge >= 0.3 is 0 Å². The molecule has 1 saturated carbocycles. The summed E-state index contributed by atoms with van der Waals surface area (Å²) in [7, 11) is 0. The number of hydrogen-bond acceptors (Lipinski definition) is 3. The number of fused-ring (bicyclic) bond motifs is 2. The van der Waals surface area contributed by atoms with E-state index >= 15 is 0 Å². The van der Waals surface area contributed by atoms with Crippen molar-refractivity contribution in [1.29, 1.82) is 0 Å². The minimum atomic E-state index is -0.0493. The first-order chi connectivity index (χ1) is 7.83. The number of nitrogens with one attached hydrogen (secondary N) is 1. The lowest BCUT2D eigenvalue weighted by atomic mass is 9.75. The van der Waals surface area contributed by atoms with Crippen molar-refractivity contribution in [2.24, 2.45) is 11.8 Å². The molecular formula is C12H19N3O. The summed E-state index contributed by atoms with van der Waals surface area (Å²) in [6.45, 7) is 3.02. The monoisotopic (exact) mass is 221 g/mol. The third-order valence-corrected chi connectivity index (χ3v) is 4.05. The lowest BCUT2D eigenvalue weighted by Gasteiger charge is -2.44. The van der Waals surface area contributed by atoms with Crippen molar-refractivity contribution in [2.75, 3.05) is 13.1 Å². The number of imidazole rings is 1. The summed E-state index contributed by atoms with van der Waals surface area (Å²) < 4.78 is 0. The maximum absolute atomic E-state index is 10.1. The first-order valence-electron chi connectivity index (χ1n) is 6.20. The molecule has 0 aromatic carbocycles. The van der Waals surface area contributed by atoms with E-state index in [2.05, 4.69) is 14.9 Å². The second-order valence-electron chi connectivity index (χ2n) is 5.21. The molecule has 1 aromatic rings. The fourth-order valence-corrected chi connectivity index (χ4v) is 3.25. The average Bonchev–Trinajstić information content (AvgIpc) is 2.72. The largest absolute Gasteiger partial charge is 0.392 e. The Hall–Kier alpha value is -0.870. The fraction of sp³-hybridized carbons (Fsp3) is 0.750. The number of aromatic nitrogens is 2. The highest BCUT2D eigenvalue weighted by atomic mass is 16.3. The number of aromatic amines is 1. The molecule has 16 heavy (non-hydrogen) atoms. The standard InChI is InChI=1S/C12H19N3O/c16-12-9-2-1-3-10(12)6-15(5-9)7-11-4-13-8-14-11/h4,8-10,12,16H,1-3,5-7H2,(H,13,14). The van der Waals surface area contributed by atoms with E-state index in [-0.39, 0.29) is 6.10 Å². The zero-order valence-electron chi connectivity index (χ0n) is 9.47. The third kappa shape index (κ3) is 1.87. The van der Waals surface area contributed by atoms with Crippen molar-refractivity contribution in [2.45, 2.75) is 31.9 Å². The van der Waals surface area contributed by atoms with Crippen LogP contribution in [0.15, 0.2) is 12.5 Å². The normalized spacial score (nSPS) is 35.2. The van der Waals surface area contributed by atoms with Gasteiger partial charge in [-0.15, -0.1) is 0 Å². The lowest BCUT2D eigenvalue weighted by molar-refractivity contribution is -0.0519. The predicted octanol–water partition coefficient (Wildman–Crippen LogP) is 1.00. The van der Waals surface area contributed by atoms with Crippen LogP contribution in [-0.4, -0.2) is 39.2 Å². The molecule has 0 spiro atoms. The molecule has 2 fully saturated rings. The Morgan fingerprint density at radius 2 is 2.12 bits per heavy atom. The van der Waals surface area contributed by atoms with Crippen molar-refractivity contribution in [3.63, 3.8) is 0 Å². The van der Waals surface area contributed by atoms with Crippen LogP contribution in [0.2, 0.25) is 0 Å². The quantitative estimate of drug-likeness (QED) is 0.783. The van der Waals surface area contributed by atoms with Gasteiger partial charge < -0.3 is 10.1 Å². The molecule has 2 N–H and O–H groups in total. The Kier molecular flexibility index (Phi) is 2.69. The van der Waals surface area contributed by atoms with Crippen molar-refractivity contribution < 1.29 is 5.11 Å². The number of aliphatic hydroxyl groups is 1. The smallest absolute Gasteiger partial charge is 0.0922 e. The first kappa shape index (κ1) is 10.3. The van der Waals surface area contributed by atoms with Gasteiger partial charge in [0, 0.05) is 31.5 Å². The number of aliphatic hydroxyl groups excluding tert-OH is 1. The van der Waals surface area contributed by atoms with Crippen molar-refractivity contribution in [3.05, 3.63) is 18.2 Å². The summed E-state index contributed by atoms with van der Waals surface area (Å²) in [5.74, 6) is 0.992. The zero-order valence-corrected chi connectivity index (χ0v) is 9.47. The summed E-state index contributed by atoms with van der Waals surface area (Å²) in [4.78, 5) is 9.64. The van der Waals surface area contributed by atoms with Gasteiger partial charge in [0.25, 0.3) is 0 Å². The maximum Gasteiger partial charge on any atom is 0.0922 e. The highest BCUT2D eigenvalue weighted by Crippen LogP contribution is 2.35. The van der Waals surface area contributed by atoms with Gasteiger partial charge in [0.15, 0.2) is 0 Å². The first-order valence-corrected chi connectivity index (χ1v) is 6.20. The summed E-state index contributed by atoms with van der Waals surface area (Å²) in [6, 6.07) is 0. The number of likely N-dealkylation sites (tertiary alicyclic amines) is 1. The molecule has 4 nitrogen and oxygen atoms in total. The molecular weight excluding hydrogens is 202 g/mol. The van der Waals surface area contributed by atoms with Gasteiger partial charge in [-0.1, -0.05) is 6.42 Å². The number of piperidine rings is 1. The SMILES string of the molecule is OC1C2CCCC1CN(Cc1cnc[nH]1)C2. The van der Waals surface area contributed by atoms with Crippen molar-refractivity contribution in [3.8, 4) is 0 Å². The molecule has 88 valence electrons. The van der Waals surface area contributed by atoms with E-state index in [9.17, 15) is 5.11 Å². The van der Waals surface area contributed by atoms with Crippen LogP contribution in [-0.2, 0) is 6.54 Å². The molecule has 2 atom stereocenters. The van der Waals surface area contributed by atoms with Gasteiger partial charge in [-0.2, -0.15) is 0 Å². The topological polar surface area (TPSA) is 52.1 Å². The summed E-state index contributed by atoms with van der Waals surface area (Å²) >= 11 is 0. The second-order valence-corrected chi connectivity index (χ2v) is 5.21. The summed E-state index contributed by atoms with van der Waals surface area (Å²) in [5.41, 5.74) is 1.18. The molecule has 4 heteroatoms. The van der Waals surface area contributed by atoms with E-state index < -0.39 is 0 Å². The molecule has 2 aliphatic rings. The van der Waals surface area contributed by atoms with E-state index in [0.29, 0.717) is 11.8 Å². The van der Waals surface area contributed by atoms with Crippen molar-refractivity contribution in [1.82, 2.24) is 14.9 Å². The molecule has 2 bridgehead atoms. The molecule has 1 aromatic heterocycles. The van der Waals surface area contributed by atoms with Crippen LogP contribution in [0.3, 0.4) is 0 Å². The minimum Gasteiger partial charge on any atom is -0.392 e. The zero-order chi connectivity index (χ0) is 11.0. The second kappa shape index (κ2) is 4.18. The molecule has 3 rings (SSSR count). The van der Waals surface area contributed by atoms with Crippen molar-refractivity contribution >= 4 is 0 Å². The molecule has 1 saturated heterocycles. The van der Waals surface area contributed by atoms with Crippen LogP contribution in [0.4, 0.5) is 0 Å². The Balaban J connectivity index is 1.66. The lowest BCUT2D eigenvalue weighted by Crippen LogP contribution is -2.51. The Morgan fingerprint density at radius 1 is 1.38 bits per heavy atom. The number of hydrogen-bond donors (Lipinski definition) is 2. The maximum atomic E-state index is 10.1. The third-order valence-electron chi connectivity index (χ3n) is 4.05. The van der Waals surface area contributed by atoms with Gasteiger partial charge in [-0.25, -0.2) is 4.98 Å². The molecule has 1 aliphatic carbocycles. The number of nitrogens with zero attached hydrogens (tertiary/aromatic N) is 2. The van der Waals surface area contributed by atoms with Crippen LogP contribution in [0, 0.1) is 11.8 Å². The highest BCUT2D eigenvalue weighted by Gasteiger charge is 2.38. The predicted molar refractivity (Wildman–Crippen MR) is 60.7 cm³/mol. The van der Waals surface area contributed by atoms with E-state index in [1.807, 2.05) is 6.20 Å². The average molecular weight is 221 g/mol. The van der Waals surface area contributed by atoms with Crippen LogP contribution >= 0.6 is 0 Å². The Labute approximate surface area is 95.7 Å². The van der Waals surface area contributed by atoms with Crippen LogP contribution in [0.1, 0.15) is 25.0 Å². The van der Waals surface area contributed by atoms with Crippen LogP contribution in [0.25, 0.3) is 0 Å². The highest BCUT2D eigenvalue weighted by molar-refractivity contribution is 4.97. The van der Waals surface area contributed by atoms with E-state index in [1.54, 1.807) is 6.33 Å². The molecule has 2 unspecified atom stereocenters. The molecule has 2 heterocycles. The molecule has 1 aliphatic heterocycles. The van der Waals surface area contributed by atoms with Gasteiger partial charge in [-0.05, 0) is 24.7 Å². The van der Waals surface area contributed by atoms with E-state index in [1.165, 1.54) is 25.0 Å². The van der Waals surface area contributed by atoms with Gasteiger partial charge in [0.2, 0.25) is 0 Å². The Bertz CT molecular complexity index is 324. The summed E-state index contributed by atoms with van der Waals surface area (Å²) in [6.07, 6.45) is 7.25. The molecule has 0 radical (unpaired) electrons. The molecule has 0 amide bonds. The summed E-state index contributed by atoms with van der Waals surface area (Å²) in [5, 5.41) is 10.1. The number of rotatable bonds is 2. The van der Waals surface area contributed by atoms with Crippen LogP contribution in [0.5, 0.6) is 0 Å². The van der Waals surface area contributed by atoms with E-state index in [0.717, 1.165) is 19.6 Å². The van der Waals surface area contributed by atoms with Gasteiger partial charge in [0.05, 0.1) is 12.4 Å².